The van der Waals surface area contributed by atoms with Crippen molar-refractivity contribution in [3.63, 3.8) is 0 Å². The van der Waals surface area contributed by atoms with Crippen molar-refractivity contribution < 1.29 is 0 Å². The topological polar surface area (TPSA) is 15.3 Å². The molecule has 1 aliphatic heterocycles. The maximum absolute atomic E-state index is 5.68. The van der Waals surface area contributed by atoms with Crippen LogP contribution in [0.5, 0.6) is 0 Å². The average Bonchev–Trinajstić information content (AvgIpc) is 2.46. The second-order valence-corrected chi connectivity index (χ2v) is 6.20. The minimum absolute atomic E-state index is 0.178. The van der Waals surface area contributed by atoms with Crippen LogP contribution in [0.3, 0.4) is 0 Å². The summed E-state index contributed by atoms with van der Waals surface area (Å²) in [7, 11) is 0. The number of nitrogens with zero attached hydrogens (tertiary/aromatic N) is 1. The summed E-state index contributed by atoms with van der Waals surface area (Å²) >= 11 is 0. The number of hydrogen-bond donors (Lipinski definition) is 1. The molecule has 2 nitrogen and oxygen atoms in total. The molecule has 108 valence electrons. The van der Waals surface area contributed by atoms with Crippen LogP contribution < -0.4 is 5.32 Å². The van der Waals surface area contributed by atoms with E-state index in [1.807, 2.05) is 0 Å². The lowest BCUT2D eigenvalue weighted by molar-refractivity contribution is 0.105. The van der Waals surface area contributed by atoms with Crippen molar-refractivity contribution in [3.05, 3.63) is 35.9 Å². The Morgan fingerprint density at radius 1 is 1.30 bits per heavy atom. The minimum Gasteiger partial charge on any atom is -0.311 e. The quantitative estimate of drug-likeness (QED) is 0.846. The third-order valence-corrected chi connectivity index (χ3v) is 4.11. The molecule has 1 aromatic carbocycles. The largest absolute Gasteiger partial charge is 0.311 e. The van der Waals surface area contributed by atoms with Gasteiger partial charge in [-0.25, -0.2) is 0 Å². The van der Waals surface area contributed by atoms with Crippen LogP contribution in [0.2, 0.25) is 0 Å². The first-order chi connectivity index (χ1) is 9.61. The summed E-state index contributed by atoms with van der Waals surface area (Å²) in [5.74, 6) is 3.62. The lowest BCUT2D eigenvalue weighted by Crippen LogP contribution is -2.55. The van der Waals surface area contributed by atoms with Crippen molar-refractivity contribution in [3.8, 4) is 12.3 Å². The fraction of sp³-hybridized carbons (Fsp3) is 0.556. The van der Waals surface area contributed by atoms with E-state index in [9.17, 15) is 0 Å². The molecule has 0 radical (unpaired) electrons. The number of benzene rings is 1. The van der Waals surface area contributed by atoms with Crippen LogP contribution in [-0.2, 0) is 0 Å². The summed E-state index contributed by atoms with van der Waals surface area (Å²) in [5, 5.41) is 3.70. The van der Waals surface area contributed by atoms with Gasteiger partial charge in [-0.2, -0.15) is 0 Å². The van der Waals surface area contributed by atoms with E-state index in [4.69, 9.17) is 6.42 Å². The Morgan fingerprint density at radius 3 is 2.60 bits per heavy atom. The zero-order valence-corrected chi connectivity index (χ0v) is 12.8. The first-order valence-corrected chi connectivity index (χ1v) is 7.62. The van der Waals surface area contributed by atoms with Crippen LogP contribution >= 0.6 is 0 Å². The van der Waals surface area contributed by atoms with Gasteiger partial charge in [-0.1, -0.05) is 50.1 Å². The molecule has 1 N–H and O–H groups in total. The van der Waals surface area contributed by atoms with Crippen molar-refractivity contribution in [2.75, 3.05) is 13.1 Å². The van der Waals surface area contributed by atoms with Gasteiger partial charge in [0.15, 0.2) is 0 Å². The predicted molar refractivity (Wildman–Crippen MR) is 85.4 cm³/mol. The molecule has 1 heterocycles. The lowest BCUT2D eigenvalue weighted by atomic mass is 9.95. The molecule has 0 bridgehead atoms. The lowest BCUT2D eigenvalue weighted by Gasteiger charge is -2.43. The first kappa shape index (κ1) is 15.1. The zero-order valence-electron chi connectivity index (χ0n) is 12.8. The van der Waals surface area contributed by atoms with Gasteiger partial charge in [0.2, 0.25) is 0 Å². The van der Waals surface area contributed by atoms with E-state index in [2.05, 4.69) is 67.2 Å². The molecular formula is C18H26N2. The molecule has 2 heteroatoms. The third-order valence-electron chi connectivity index (χ3n) is 4.11. The SMILES string of the molecule is C#CC(C)N1CC(CC(C)C)NCC1c1ccccc1. The smallest absolute Gasteiger partial charge is 0.0689 e. The van der Waals surface area contributed by atoms with E-state index < -0.39 is 0 Å². The molecule has 1 aliphatic rings. The van der Waals surface area contributed by atoms with Gasteiger partial charge < -0.3 is 5.32 Å². The monoisotopic (exact) mass is 270 g/mol. The Hall–Kier alpha value is -1.30. The van der Waals surface area contributed by atoms with Crippen molar-refractivity contribution in [1.29, 1.82) is 0 Å². The summed E-state index contributed by atoms with van der Waals surface area (Å²) in [6, 6.07) is 11.8. The van der Waals surface area contributed by atoms with Crippen LogP contribution in [0.15, 0.2) is 30.3 Å². The van der Waals surface area contributed by atoms with Gasteiger partial charge in [0, 0.05) is 25.2 Å². The van der Waals surface area contributed by atoms with Gasteiger partial charge in [-0.15, -0.1) is 6.42 Å². The van der Waals surface area contributed by atoms with E-state index >= 15 is 0 Å². The highest BCUT2D eigenvalue weighted by Gasteiger charge is 2.31. The van der Waals surface area contributed by atoms with E-state index in [1.54, 1.807) is 0 Å². The van der Waals surface area contributed by atoms with Crippen LogP contribution in [0, 0.1) is 18.3 Å². The molecule has 0 aliphatic carbocycles. The molecule has 1 saturated heterocycles. The van der Waals surface area contributed by atoms with E-state index in [1.165, 1.54) is 12.0 Å². The summed E-state index contributed by atoms with van der Waals surface area (Å²) in [6.07, 6.45) is 6.88. The Bertz CT molecular complexity index is 446. The highest BCUT2D eigenvalue weighted by Crippen LogP contribution is 2.26. The first-order valence-electron chi connectivity index (χ1n) is 7.62. The van der Waals surface area contributed by atoms with Crippen LogP contribution in [0.4, 0.5) is 0 Å². The maximum atomic E-state index is 5.68. The molecule has 1 aromatic rings. The standard InChI is InChI=1S/C18H26N2/c1-5-15(4)20-13-17(11-14(2)3)19-12-18(20)16-9-7-6-8-10-16/h1,6-10,14-15,17-19H,11-13H2,2-4H3. The molecular weight excluding hydrogens is 244 g/mol. The molecule has 3 atom stereocenters. The van der Waals surface area contributed by atoms with E-state index in [0.717, 1.165) is 13.1 Å². The second-order valence-electron chi connectivity index (χ2n) is 6.20. The van der Waals surface area contributed by atoms with Gasteiger partial charge in [-0.3, -0.25) is 4.90 Å². The average molecular weight is 270 g/mol. The maximum Gasteiger partial charge on any atom is 0.0689 e. The molecule has 3 unspecified atom stereocenters. The predicted octanol–water partition coefficient (Wildman–Crippen LogP) is 3.07. The Labute approximate surface area is 123 Å². The summed E-state index contributed by atoms with van der Waals surface area (Å²) < 4.78 is 0. The molecule has 0 spiro atoms. The highest BCUT2D eigenvalue weighted by molar-refractivity contribution is 5.21. The summed E-state index contributed by atoms with van der Waals surface area (Å²) in [5.41, 5.74) is 1.35. The van der Waals surface area contributed by atoms with Gasteiger partial charge in [0.1, 0.15) is 0 Å². The Kier molecular flexibility index (Phi) is 5.23. The number of piperazine rings is 1. The molecule has 0 aromatic heterocycles. The third kappa shape index (κ3) is 3.62. The Balaban J connectivity index is 2.15. The van der Waals surface area contributed by atoms with Crippen molar-refractivity contribution in [1.82, 2.24) is 10.2 Å². The highest BCUT2D eigenvalue weighted by atomic mass is 15.2. The fourth-order valence-corrected chi connectivity index (χ4v) is 3.08. The summed E-state index contributed by atoms with van der Waals surface area (Å²) in [6.45, 7) is 8.70. The van der Waals surface area contributed by atoms with Crippen LogP contribution in [0.25, 0.3) is 0 Å². The van der Waals surface area contributed by atoms with Crippen LogP contribution in [-0.4, -0.2) is 30.1 Å². The molecule has 20 heavy (non-hydrogen) atoms. The molecule has 0 amide bonds. The summed E-state index contributed by atoms with van der Waals surface area (Å²) in [4.78, 5) is 2.47. The van der Waals surface area contributed by atoms with Gasteiger partial charge in [-0.05, 0) is 24.8 Å². The van der Waals surface area contributed by atoms with Crippen molar-refractivity contribution in [2.45, 2.75) is 45.3 Å². The van der Waals surface area contributed by atoms with Crippen LogP contribution in [0.1, 0.15) is 38.8 Å². The van der Waals surface area contributed by atoms with Crippen molar-refractivity contribution in [2.24, 2.45) is 5.92 Å². The minimum atomic E-state index is 0.178. The van der Waals surface area contributed by atoms with Crippen molar-refractivity contribution >= 4 is 0 Å². The fourth-order valence-electron chi connectivity index (χ4n) is 3.08. The van der Waals surface area contributed by atoms with Gasteiger partial charge in [0.05, 0.1) is 6.04 Å². The molecule has 2 rings (SSSR count). The Morgan fingerprint density at radius 2 is 2.00 bits per heavy atom. The van der Waals surface area contributed by atoms with E-state index in [-0.39, 0.29) is 6.04 Å². The van der Waals surface area contributed by atoms with E-state index in [0.29, 0.717) is 18.0 Å². The molecule has 1 fully saturated rings. The zero-order chi connectivity index (χ0) is 14.5. The van der Waals surface area contributed by atoms with Gasteiger partial charge >= 0.3 is 0 Å². The normalized spacial score (nSPS) is 25.4. The number of nitrogens with one attached hydrogen (secondary N) is 1. The number of rotatable bonds is 4. The van der Waals surface area contributed by atoms with Gasteiger partial charge in [0.25, 0.3) is 0 Å². The number of hydrogen-bond acceptors (Lipinski definition) is 2. The second kappa shape index (κ2) is 6.92. The molecule has 0 saturated carbocycles. The number of terminal acetylenes is 1.